The number of carboxylic acid groups (broad SMARTS) is 2. The molecule has 0 saturated heterocycles. The van der Waals surface area contributed by atoms with E-state index in [1.807, 2.05) is 5.38 Å². The first kappa shape index (κ1) is 14.7. The summed E-state index contributed by atoms with van der Waals surface area (Å²) in [7, 11) is 0. The van der Waals surface area contributed by atoms with E-state index in [1.165, 1.54) is 17.4 Å². The van der Waals surface area contributed by atoms with E-state index in [1.54, 1.807) is 12.1 Å². The summed E-state index contributed by atoms with van der Waals surface area (Å²) in [5.74, 6) is -3.20. The van der Waals surface area contributed by atoms with Crippen molar-refractivity contribution < 1.29 is 29.1 Å². The van der Waals surface area contributed by atoms with Crippen molar-refractivity contribution >= 4 is 29.2 Å². The Hall–Kier alpha value is -2.68. The third kappa shape index (κ3) is 3.66. The number of hydrogen-bond acceptors (Lipinski definition) is 6. The number of carboxylic acids is 2. The number of nitrogens with zero attached hydrogens (tertiary/aromatic N) is 1. The summed E-state index contributed by atoms with van der Waals surface area (Å²) in [5.41, 5.74) is -0.116. The molecule has 110 valence electrons. The zero-order valence-electron chi connectivity index (χ0n) is 10.5. The summed E-state index contributed by atoms with van der Waals surface area (Å²) in [6.45, 7) is 0. The monoisotopic (exact) mass is 310 g/mol. The van der Waals surface area contributed by atoms with Crippen LogP contribution in [0.1, 0.15) is 16.9 Å². The van der Waals surface area contributed by atoms with E-state index < -0.39 is 30.3 Å². The largest absolute Gasteiger partial charge is 0.481 e. The van der Waals surface area contributed by atoms with Crippen LogP contribution in [0.5, 0.6) is 0 Å². The van der Waals surface area contributed by atoms with Crippen LogP contribution in [0.15, 0.2) is 28.1 Å². The number of nitrogens with one attached hydrogen (secondary N) is 1. The topological polar surface area (TPSA) is 130 Å². The molecule has 0 bridgehead atoms. The van der Waals surface area contributed by atoms with Crippen LogP contribution in [0.2, 0.25) is 0 Å². The van der Waals surface area contributed by atoms with Gasteiger partial charge in [-0.15, -0.1) is 11.3 Å². The highest BCUT2D eigenvalue weighted by Crippen LogP contribution is 2.25. The summed E-state index contributed by atoms with van der Waals surface area (Å²) in [6.07, 6.45) is -0.725. The van der Waals surface area contributed by atoms with Gasteiger partial charge >= 0.3 is 11.9 Å². The quantitative estimate of drug-likeness (QED) is 0.727. The van der Waals surface area contributed by atoms with Gasteiger partial charge in [0.05, 0.1) is 11.3 Å². The Labute approximate surface area is 122 Å². The molecule has 2 rings (SSSR count). The van der Waals surface area contributed by atoms with Crippen molar-refractivity contribution in [1.82, 2.24) is 10.5 Å². The van der Waals surface area contributed by atoms with Crippen LogP contribution in [0.25, 0.3) is 10.6 Å². The molecule has 3 N–H and O–H groups in total. The highest BCUT2D eigenvalue weighted by atomic mass is 32.1. The number of carbonyl (C=O) groups excluding carboxylic acids is 1. The van der Waals surface area contributed by atoms with Gasteiger partial charge < -0.3 is 20.1 Å². The number of hydrogen-bond donors (Lipinski definition) is 3. The Morgan fingerprint density at radius 2 is 2.14 bits per heavy atom. The van der Waals surface area contributed by atoms with Gasteiger partial charge in [-0.2, -0.15) is 0 Å². The molecule has 8 nitrogen and oxygen atoms in total. The first-order chi connectivity index (χ1) is 9.97. The smallest absolute Gasteiger partial charge is 0.326 e. The standard InChI is InChI=1S/C12H10N2O6S/c15-10(16)5-7(12(18)19)13-11(17)6-4-8(20-14-6)9-2-1-3-21-9/h1-4,7H,5H2,(H,13,17)(H,15,16)(H,18,19). The molecule has 0 spiro atoms. The first-order valence-corrected chi connectivity index (χ1v) is 6.61. The van der Waals surface area contributed by atoms with Gasteiger partial charge in [-0.25, -0.2) is 4.79 Å². The molecule has 21 heavy (non-hydrogen) atoms. The molecule has 1 amide bonds. The third-order valence-corrected chi connectivity index (χ3v) is 3.37. The lowest BCUT2D eigenvalue weighted by Gasteiger charge is -2.10. The molecule has 2 aromatic heterocycles. The van der Waals surface area contributed by atoms with Crippen molar-refractivity contribution in [3.63, 3.8) is 0 Å². The molecule has 0 radical (unpaired) electrons. The lowest BCUT2D eigenvalue weighted by atomic mass is 10.2. The van der Waals surface area contributed by atoms with E-state index in [0.29, 0.717) is 5.76 Å². The van der Waals surface area contributed by atoms with E-state index in [-0.39, 0.29) is 5.69 Å². The van der Waals surface area contributed by atoms with Gasteiger partial charge in [-0.3, -0.25) is 9.59 Å². The second-order valence-corrected chi connectivity index (χ2v) is 4.96. The number of aromatic nitrogens is 1. The Bertz CT molecular complexity index is 663. The molecule has 0 aliphatic heterocycles. The molecule has 0 saturated carbocycles. The maximum Gasteiger partial charge on any atom is 0.326 e. The zero-order valence-corrected chi connectivity index (χ0v) is 11.3. The zero-order chi connectivity index (χ0) is 15.4. The molecule has 2 heterocycles. The van der Waals surface area contributed by atoms with Crippen molar-refractivity contribution in [1.29, 1.82) is 0 Å². The normalized spacial score (nSPS) is 11.8. The molecule has 0 aliphatic carbocycles. The molecule has 1 atom stereocenters. The summed E-state index contributed by atoms with van der Waals surface area (Å²) in [4.78, 5) is 34.0. The maximum atomic E-state index is 11.8. The van der Waals surface area contributed by atoms with Crippen LogP contribution >= 0.6 is 11.3 Å². The minimum Gasteiger partial charge on any atom is -0.481 e. The summed E-state index contributed by atoms with van der Waals surface area (Å²) in [6, 6.07) is 3.41. The van der Waals surface area contributed by atoms with Crippen molar-refractivity contribution in [2.75, 3.05) is 0 Å². The first-order valence-electron chi connectivity index (χ1n) is 5.73. The van der Waals surface area contributed by atoms with Gasteiger partial charge in [0.15, 0.2) is 11.5 Å². The third-order valence-electron chi connectivity index (χ3n) is 2.49. The van der Waals surface area contributed by atoms with Crippen molar-refractivity contribution in [3.8, 4) is 10.6 Å². The molecular weight excluding hydrogens is 300 g/mol. The lowest BCUT2D eigenvalue weighted by molar-refractivity contribution is -0.145. The minimum absolute atomic E-state index is 0.116. The van der Waals surface area contributed by atoms with Gasteiger partial charge in [0, 0.05) is 6.07 Å². The Balaban J connectivity index is 2.09. The van der Waals surface area contributed by atoms with E-state index in [4.69, 9.17) is 14.7 Å². The Kier molecular flexibility index (Phi) is 4.33. The molecule has 1 unspecified atom stereocenters. The van der Waals surface area contributed by atoms with Gasteiger partial charge in [0.25, 0.3) is 5.91 Å². The van der Waals surface area contributed by atoms with Crippen LogP contribution in [-0.2, 0) is 9.59 Å². The van der Waals surface area contributed by atoms with Gasteiger partial charge in [0.2, 0.25) is 0 Å². The fourth-order valence-corrected chi connectivity index (χ4v) is 2.20. The fourth-order valence-electron chi connectivity index (χ4n) is 1.52. The van der Waals surface area contributed by atoms with E-state index in [9.17, 15) is 14.4 Å². The van der Waals surface area contributed by atoms with E-state index in [2.05, 4.69) is 10.5 Å². The number of thiophene rings is 1. The van der Waals surface area contributed by atoms with Crippen molar-refractivity contribution in [2.45, 2.75) is 12.5 Å². The van der Waals surface area contributed by atoms with Gasteiger partial charge in [-0.05, 0) is 11.4 Å². The number of rotatable bonds is 6. The second kappa shape index (κ2) is 6.18. The molecule has 9 heteroatoms. The highest BCUT2D eigenvalue weighted by molar-refractivity contribution is 7.13. The molecule has 0 aromatic carbocycles. The summed E-state index contributed by atoms with van der Waals surface area (Å²) in [5, 5.41) is 24.9. The summed E-state index contributed by atoms with van der Waals surface area (Å²) >= 11 is 1.39. The van der Waals surface area contributed by atoms with Crippen LogP contribution in [0.3, 0.4) is 0 Å². The van der Waals surface area contributed by atoms with Crippen LogP contribution < -0.4 is 5.32 Å². The average Bonchev–Trinajstić information content (AvgIpc) is 3.08. The Morgan fingerprint density at radius 3 is 2.71 bits per heavy atom. The second-order valence-electron chi connectivity index (χ2n) is 4.02. The van der Waals surface area contributed by atoms with E-state index in [0.717, 1.165) is 4.88 Å². The van der Waals surface area contributed by atoms with Gasteiger partial charge in [-0.1, -0.05) is 11.2 Å². The minimum atomic E-state index is -1.53. The van der Waals surface area contributed by atoms with Crippen molar-refractivity contribution in [2.24, 2.45) is 0 Å². The molecule has 2 aromatic rings. The SMILES string of the molecule is O=C(O)CC(NC(=O)c1cc(-c2cccs2)on1)C(=O)O. The maximum absolute atomic E-state index is 11.8. The highest BCUT2D eigenvalue weighted by Gasteiger charge is 2.25. The van der Waals surface area contributed by atoms with Crippen LogP contribution in [0, 0.1) is 0 Å². The van der Waals surface area contributed by atoms with Crippen LogP contribution in [0.4, 0.5) is 0 Å². The lowest BCUT2D eigenvalue weighted by Crippen LogP contribution is -2.42. The predicted molar refractivity (Wildman–Crippen MR) is 71.0 cm³/mol. The average molecular weight is 310 g/mol. The molecular formula is C12H10N2O6S. The number of aliphatic carboxylic acids is 2. The van der Waals surface area contributed by atoms with E-state index >= 15 is 0 Å². The summed E-state index contributed by atoms with van der Waals surface area (Å²) < 4.78 is 4.99. The number of amides is 1. The molecule has 0 aliphatic rings. The predicted octanol–water partition coefficient (Wildman–Crippen LogP) is 1.06. The Morgan fingerprint density at radius 1 is 1.38 bits per heavy atom. The van der Waals surface area contributed by atoms with Crippen LogP contribution in [-0.4, -0.2) is 39.3 Å². The van der Waals surface area contributed by atoms with Crippen molar-refractivity contribution in [3.05, 3.63) is 29.3 Å². The fraction of sp³-hybridized carbons (Fsp3) is 0.167. The molecule has 0 fully saturated rings. The van der Waals surface area contributed by atoms with Gasteiger partial charge in [0.1, 0.15) is 6.04 Å². The number of carbonyl (C=O) groups is 3.